The summed E-state index contributed by atoms with van der Waals surface area (Å²) in [7, 11) is 1.22. The van der Waals surface area contributed by atoms with Crippen molar-refractivity contribution in [3.05, 3.63) is 18.1 Å². The predicted octanol–water partition coefficient (Wildman–Crippen LogP) is -1.59. The molecule has 3 heterocycles. The van der Waals surface area contributed by atoms with Gasteiger partial charge in [0.15, 0.2) is 6.23 Å². The Kier molecular flexibility index (Phi) is 3.90. The Balaban J connectivity index is 2.16. The van der Waals surface area contributed by atoms with E-state index in [1.165, 1.54) is 24.2 Å². The Bertz CT molecular complexity index is 747. The minimum atomic E-state index is -1.32. The van der Waals surface area contributed by atoms with Gasteiger partial charge in [-0.25, -0.2) is 14.8 Å². The van der Waals surface area contributed by atoms with Crippen molar-refractivity contribution in [1.82, 2.24) is 14.5 Å². The maximum Gasteiger partial charge on any atom is 0.340 e. The van der Waals surface area contributed by atoms with Gasteiger partial charge in [-0.05, 0) is 0 Å². The van der Waals surface area contributed by atoms with Crippen molar-refractivity contribution in [2.24, 2.45) is 0 Å². The predicted molar refractivity (Wildman–Crippen MR) is 76.3 cm³/mol. The number of anilines is 1. The number of aliphatic hydroxyl groups excluding tert-OH is 3. The molecule has 3 rings (SSSR count). The van der Waals surface area contributed by atoms with Crippen molar-refractivity contribution in [3.8, 4) is 0 Å². The highest BCUT2D eigenvalue weighted by Gasteiger charge is 2.44. The van der Waals surface area contributed by atoms with Crippen molar-refractivity contribution in [2.75, 3.05) is 19.5 Å². The fourth-order valence-corrected chi connectivity index (χ4v) is 2.68. The molecular weight excluding hydrogens is 308 g/mol. The van der Waals surface area contributed by atoms with Crippen molar-refractivity contribution in [1.29, 1.82) is 0 Å². The van der Waals surface area contributed by atoms with Crippen LogP contribution in [0.5, 0.6) is 0 Å². The molecule has 4 atom stereocenters. The maximum atomic E-state index is 11.9. The van der Waals surface area contributed by atoms with E-state index in [-0.39, 0.29) is 22.4 Å². The molecule has 0 aliphatic carbocycles. The Morgan fingerprint density at radius 3 is 2.78 bits per heavy atom. The van der Waals surface area contributed by atoms with Crippen LogP contribution in [0.2, 0.25) is 0 Å². The lowest BCUT2D eigenvalue weighted by atomic mass is 10.1. The summed E-state index contributed by atoms with van der Waals surface area (Å²) in [5.41, 5.74) is 6.16. The minimum absolute atomic E-state index is 0.0703. The number of hydrogen-bond donors (Lipinski definition) is 4. The lowest BCUT2D eigenvalue weighted by Crippen LogP contribution is -2.33. The summed E-state index contributed by atoms with van der Waals surface area (Å²) >= 11 is 0. The number of carbonyl (C=O) groups excluding carboxylic acids is 1. The van der Waals surface area contributed by atoms with Crippen molar-refractivity contribution >= 4 is 22.8 Å². The number of ether oxygens (including phenoxy) is 2. The van der Waals surface area contributed by atoms with Gasteiger partial charge >= 0.3 is 5.97 Å². The molecule has 1 aliphatic heterocycles. The average Bonchev–Trinajstić information content (AvgIpc) is 3.07. The Morgan fingerprint density at radius 1 is 1.43 bits per heavy atom. The number of nitrogen functional groups attached to an aromatic ring is 1. The Hall–Kier alpha value is -2.27. The van der Waals surface area contributed by atoms with Gasteiger partial charge in [-0.1, -0.05) is 0 Å². The molecule has 10 nitrogen and oxygen atoms in total. The molecule has 5 N–H and O–H groups in total. The SMILES string of the molecule is COC(=O)c1cn([C@H]2O[C@H](CO)[C@@H](O)[C@H]2O)c2ncnc(N)c12. The standard InChI is InChI=1S/C13H16N4O6/c1-22-13(21)5-2-17(11-7(5)10(14)15-4-16-11)12-9(20)8(19)6(3-18)23-12/h2,4,6,8-9,12,18-20H,3H2,1H3,(H2,14,15,16)/t6-,8-,9-,12+/m1/s1. The summed E-state index contributed by atoms with van der Waals surface area (Å²) < 4.78 is 11.5. The van der Waals surface area contributed by atoms with Gasteiger partial charge in [0.05, 0.1) is 24.7 Å². The number of nitrogens with zero attached hydrogens (tertiary/aromatic N) is 3. The highest BCUT2D eigenvalue weighted by molar-refractivity contribution is 6.07. The van der Waals surface area contributed by atoms with E-state index in [4.69, 9.17) is 15.2 Å². The summed E-state index contributed by atoms with van der Waals surface area (Å²) in [6.45, 7) is -0.463. The number of esters is 1. The first-order chi connectivity index (χ1) is 11.0. The van der Waals surface area contributed by atoms with E-state index < -0.39 is 37.1 Å². The number of aromatic nitrogens is 3. The third-order valence-corrected chi connectivity index (χ3v) is 3.84. The number of rotatable bonds is 3. The van der Waals surface area contributed by atoms with Gasteiger partial charge in [0.2, 0.25) is 0 Å². The second kappa shape index (κ2) is 5.74. The number of carbonyl (C=O) groups is 1. The first kappa shape index (κ1) is 15.6. The van der Waals surface area contributed by atoms with Crippen LogP contribution in [0.1, 0.15) is 16.6 Å². The largest absolute Gasteiger partial charge is 0.465 e. The summed E-state index contributed by atoms with van der Waals surface area (Å²) in [6, 6.07) is 0. The van der Waals surface area contributed by atoms with Crippen molar-refractivity contribution in [3.63, 3.8) is 0 Å². The number of nitrogens with two attached hydrogens (primary N) is 1. The molecule has 1 fully saturated rings. The highest BCUT2D eigenvalue weighted by Crippen LogP contribution is 2.34. The van der Waals surface area contributed by atoms with Gasteiger partial charge < -0.3 is 35.1 Å². The number of hydrogen-bond acceptors (Lipinski definition) is 9. The molecule has 1 aliphatic rings. The van der Waals surface area contributed by atoms with E-state index in [0.717, 1.165) is 0 Å². The van der Waals surface area contributed by atoms with Crippen LogP contribution in [0, 0.1) is 0 Å². The van der Waals surface area contributed by atoms with Crippen LogP contribution >= 0.6 is 0 Å². The normalized spacial score (nSPS) is 27.5. The van der Waals surface area contributed by atoms with Crippen LogP contribution in [-0.4, -0.2) is 67.9 Å². The molecule has 1 saturated heterocycles. The maximum absolute atomic E-state index is 11.9. The molecule has 0 amide bonds. The monoisotopic (exact) mass is 324 g/mol. The second-order valence-corrected chi connectivity index (χ2v) is 5.13. The van der Waals surface area contributed by atoms with Gasteiger partial charge in [-0.2, -0.15) is 0 Å². The highest BCUT2D eigenvalue weighted by atomic mass is 16.6. The smallest absolute Gasteiger partial charge is 0.340 e. The molecule has 0 bridgehead atoms. The quantitative estimate of drug-likeness (QED) is 0.489. The number of methoxy groups -OCH3 is 1. The van der Waals surface area contributed by atoms with E-state index in [1.54, 1.807) is 0 Å². The lowest BCUT2D eigenvalue weighted by molar-refractivity contribution is -0.0509. The average molecular weight is 324 g/mol. The zero-order valence-electron chi connectivity index (χ0n) is 12.2. The summed E-state index contributed by atoms with van der Waals surface area (Å²) in [4.78, 5) is 19.8. The Labute approximate surface area is 130 Å². The zero-order valence-corrected chi connectivity index (χ0v) is 12.2. The van der Waals surface area contributed by atoms with E-state index in [9.17, 15) is 20.1 Å². The summed E-state index contributed by atoms with van der Waals surface area (Å²) in [5.74, 6) is -0.581. The van der Waals surface area contributed by atoms with Gasteiger partial charge in [0.25, 0.3) is 0 Å². The van der Waals surface area contributed by atoms with Crippen LogP contribution in [0.15, 0.2) is 12.5 Å². The molecule has 124 valence electrons. The molecule has 0 radical (unpaired) electrons. The van der Waals surface area contributed by atoms with Gasteiger partial charge in [-0.15, -0.1) is 0 Å². The van der Waals surface area contributed by atoms with E-state index in [1.807, 2.05) is 0 Å². The van der Waals surface area contributed by atoms with Crippen LogP contribution < -0.4 is 5.73 Å². The van der Waals surface area contributed by atoms with Gasteiger partial charge in [-0.3, -0.25) is 0 Å². The number of aliphatic hydroxyl groups is 3. The first-order valence-corrected chi connectivity index (χ1v) is 6.81. The molecule has 2 aromatic rings. The molecule has 0 saturated carbocycles. The molecule has 0 unspecified atom stereocenters. The topological polar surface area (TPSA) is 153 Å². The zero-order chi connectivity index (χ0) is 16.7. The van der Waals surface area contributed by atoms with E-state index >= 15 is 0 Å². The molecule has 0 spiro atoms. The first-order valence-electron chi connectivity index (χ1n) is 6.81. The molecule has 23 heavy (non-hydrogen) atoms. The Morgan fingerprint density at radius 2 is 2.17 bits per heavy atom. The second-order valence-electron chi connectivity index (χ2n) is 5.13. The molecular formula is C13H16N4O6. The van der Waals surface area contributed by atoms with E-state index in [2.05, 4.69) is 9.97 Å². The molecule has 2 aromatic heterocycles. The van der Waals surface area contributed by atoms with Crippen LogP contribution in [0.25, 0.3) is 11.0 Å². The molecule has 10 heteroatoms. The van der Waals surface area contributed by atoms with E-state index in [0.29, 0.717) is 0 Å². The fourth-order valence-electron chi connectivity index (χ4n) is 2.68. The third-order valence-electron chi connectivity index (χ3n) is 3.84. The third kappa shape index (κ3) is 2.32. The van der Waals surface area contributed by atoms with Crippen LogP contribution in [-0.2, 0) is 9.47 Å². The summed E-state index contributed by atoms with van der Waals surface area (Å²) in [5, 5.41) is 29.5. The van der Waals surface area contributed by atoms with Crippen molar-refractivity contribution < 1.29 is 29.6 Å². The van der Waals surface area contributed by atoms with Gasteiger partial charge in [0, 0.05) is 6.20 Å². The lowest BCUT2D eigenvalue weighted by Gasteiger charge is -2.17. The van der Waals surface area contributed by atoms with Crippen LogP contribution in [0.3, 0.4) is 0 Å². The minimum Gasteiger partial charge on any atom is -0.465 e. The molecule has 0 aromatic carbocycles. The van der Waals surface area contributed by atoms with Crippen molar-refractivity contribution in [2.45, 2.75) is 24.5 Å². The number of fused-ring (bicyclic) bond motifs is 1. The summed E-state index contributed by atoms with van der Waals surface area (Å²) in [6.07, 6.45) is -2.02. The van der Waals surface area contributed by atoms with Crippen LogP contribution in [0.4, 0.5) is 5.82 Å². The fraction of sp³-hybridized carbons (Fsp3) is 0.462. The van der Waals surface area contributed by atoms with Gasteiger partial charge in [0.1, 0.15) is 36.1 Å².